The second-order valence-corrected chi connectivity index (χ2v) is 7.59. The second kappa shape index (κ2) is 9.40. The molecule has 1 aliphatic carbocycles. The third kappa shape index (κ3) is 5.12. The number of benzene rings is 2. The molecular weight excluding hydrogens is 352 g/mol. The van der Waals surface area contributed by atoms with Gasteiger partial charge in [-0.25, -0.2) is 0 Å². The maximum absolute atomic E-state index is 12.4. The van der Waals surface area contributed by atoms with Crippen molar-refractivity contribution < 1.29 is 14.3 Å². The largest absolute Gasteiger partial charge is 0.483 e. The molecule has 148 valence electrons. The maximum atomic E-state index is 12.4. The van der Waals surface area contributed by atoms with E-state index in [4.69, 9.17) is 4.74 Å². The zero-order valence-electron chi connectivity index (χ0n) is 16.6. The molecular formula is C23H28N2O3. The zero-order valence-corrected chi connectivity index (χ0v) is 16.6. The van der Waals surface area contributed by atoms with E-state index in [1.807, 2.05) is 26.0 Å². The standard InChI is InChI=1S/C23H28N2O3/c1-16(2)14-24-23(27)19-11-5-6-12-20(19)25-22(26)15-28-21-13-7-9-17-8-3-4-10-18(17)21/h5-7,9,11-13,16H,3-4,8,10,14-15H2,1-2H3,(H,24,27)(H,25,26). The van der Waals surface area contributed by atoms with Crippen molar-refractivity contribution in [3.63, 3.8) is 0 Å². The van der Waals surface area contributed by atoms with Crippen LogP contribution in [0.4, 0.5) is 5.69 Å². The first-order chi connectivity index (χ1) is 13.5. The molecule has 0 bridgehead atoms. The number of ether oxygens (including phenoxy) is 1. The number of hydrogen-bond acceptors (Lipinski definition) is 3. The Bertz CT molecular complexity index is 845. The summed E-state index contributed by atoms with van der Waals surface area (Å²) in [5.41, 5.74) is 3.48. The Balaban J connectivity index is 1.62. The highest BCUT2D eigenvalue weighted by atomic mass is 16.5. The molecule has 0 aromatic heterocycles. The van der Waals surface area contributed by atoms with Crippen molar-refractivity contribution in [2.45, 2.75) is 39.5 Å². The third-order valence-electron chi connectivity index (χ3n) is 4.83. The molecule has 2 aromatic carbocycles. The Labute approximate surface area is 166 Å². The van der Waals surface area contributed by atoms with Crippen LogP contribution in [0, 0.1) is 5.92 Å². The first-order valence-electron chi connectivity index (χ1n) is 9.95. The van der Waals surface area contributed by atoms with E-state index in [1.54, 1.807) is 24.3 Å². The molecule has 5 heteroatoms. The number of aryl methyl sites for hydroxylation is 1. The van der Waals surface area contributed by atoms with Crippen LogP contribution in [0.25, 0.3) is 0 Å². The van der Waals surface area contributed by atoms with Crippen LogP contribution in [-0.2, 0) is 17.6 Å². The molecule has 28 heavy (non-hydrogen) atoms. The van der Waals surface area contributed by atoms with Crippen LogP contribution in [-0.4, -0.2) is 25.0 Å². The summed E-state index contributed by atoms with van der Waals surface area (Å²) < 4.78 is 5.81. The number of hydrogen-bond donors (Lipinski definition) is 2. The van der Waals surface area contributed by atoms with E-state index < -0.39 is 0 Å². The van der Waals surface area contributed by atoms with Gasteiger partial charge in [-0.15, -0.1) is 0 Å². The van der Waals surface area contributed by atoms with Crippen molar-refractivity contribution in [3.8, 4) is 5.75 Å². The van der Waals surface area contributed by atoms with Crippen LogP contribution in [0.5, 0.6) is 5.75 Å². The quantitative estimate of drug-likeness (QED) is 0.764. The first-order valence-corrected chi connectivity index (χ1v) is 9.95. The number of fused-ring (bicyclic) bond motifs is 1. The lowest BCUT2D eigenvalue weighted by atomic mass is 9.91. The lowest BCUT2D eigenvalue weighted by molar-refractivity contribution is -0.118. The minimum Gasteiger partial charge on any atom is -0.483 e. The Morgan fingerprint density at radius 1 is 1.04 bits per heavy atom. The van der Waals surface area contributed by atoms with E-state index in [9.17, 15) is 9.59 Å². The molecule has 5 nitrogen and oxygen atoms in total. The molecule has 2 aromatic rings. The number of rotatable bonds is 7. The number of carbonyl (C=O) groups is 2. The number of amides is 2. The summed E-state index contributed by atoms with van der Waals surface area (Å²) in [6.45, 7) is 4.57. The summed E-state index contributed by atoms with van der Waals surface area (Å²) in [5, 5.41) is 5.69. The molecule has 0 radical (unpaired) electrons. The van der Waals surface area contributed by atoms with Gasteiger partial charge in [0, 0.05) is 6.54 Å². The summed E-state index contributed by atoms with van der Waals surface area (Å²) in [5.74, 6) is 0.673. The van der Waals surface area contributed by atoms with Gasteiger partial charge in [-0.1, -0.05) is 38.1 Å². The van der Waals surface area contributed by atoms with E-state index in [2.05, 4.69) is 16.7 Å². The van der Waals surface area contributed by atoms with Crippen LogP contribution < -0.4 is 15.4 Å². The fourth-order valence-electron chi connectivity index (χ4n) is 3.39. The number of anilines is 1. The van der Waals surface area contributed by atoms with E-state index in [0.29, 0.717) is 23.7 Å². The van der Waals surface area contributed by atoms with Gasteiger partial charge in [0.15, 0.2) is 6.61 Å². The molecule has 0 saturated carbocycles. The monoisotopic (exact) mass is 380 g/mol. The highest BCUT2D eigenvalue weighted by Crippen LogP contribution is 2.29. The van der Waals surface area contributed by atoms with Gasteiger partial charge in [0.1, 0.15) is 5.75 Å². The topological polar surface area (TPSA) is 67.4 Å². The van der Waals surface area contributed by atoms with Gasteiger partial charge in [-0.2, -0.15) is 0 Å². The van der Waals surface area contributed by atoms with E-state index in [-0.39, 0.29) is 18.4 Å². The average molecular weight is 380 g/mol. The van der Waals surface area contributed by atoms with Crippen LogP contribution in [0.2, 0.25) is 0 Å². The fourth-order valence-corrected chi connectivity index (χ4v) is 3.39. The second-order valence-electron chi connectivity index (χ2n) is 7.59. The minimum absolute atomic E-state index is 0.0849. The van der Waals surface area contributed by atoms with Gasteiger partial charge in [-0.05, 0) is 60.9 Å². The van der Waals surface area contributed by atoms with Gasteiger partial charge in [-0.3, -0.25) is 9.59 Å². The van der Waals surface area contributed by atoms with Crippen molar-refractivity contribution in [3.05, 3.63) is 59.2 Å². The molecule has 0 aliphatic heterocycles. The minimum atomic E-state index is -0.280. The molecule has 0 saturated heterocycles. The molecule has 1 aliphatic rings. The van der Waals surface area contributed by atoms with Crippen molar-refractivity contribution >= 4 is 17.5 Å². The number of nitrogens with one attached hydrogen (secondary N) is 2. The van der Waals surface area contributed by atoms with Crippen molar-refractivity contribution in [2.75, 3.05) is 18.5 Å². The predicted molar refractivity (Wildman–Crippen MR) is 111 cm³/mol. The van der Waals surface area contributed by atoms with E-state index >= 15 is 0 Å². The number of para-hydroxylation sites is 1. The molecule has 3 rings (SSSR count). The Kier molecular flexibility index (Phi) is 6.69. The molecule has 0 heterocycles. The van der Waals surface area contributed by atoms with E-state index in [1.165, 1.54) is 17.5 Å². The molecule has 0 spiro atoms. The van der Waals surface area contributed by atoms with Gasteiger partial charge in [0.25, 0.3) is 11.8 Å². The van der Waals surface area contributed by atoms with E-state index in [0.717, 1.165) is 25.0 Å². The Hall–Kier alpha value is -2.82. The summed E-state index contributed by atoms with van der Waals surface area (Å²) in [4.78, 5) is 24.8. The van der Waals surface area contributed by atoms with Gasteiger partial charge in [0.05, 0.1) is 11.3 Å². The van der Waals surface area contributed by atoms with Crippen molar-refractivity contribution in [1.29, 1.82) is 0 Å². The van der Waals surface area contributed by atoms with Crippen molar-refractivity contribution in [1.82, 2.24) is 5.32 Å². The smallest absolute Gasteiger partial charge is 0.262 e. The van der Waals surface area contributed by atoms with Crippen LogP contribution in [0.1, 0.15) is 48.2 Å². The van der Waals surface area contributed by atoms with Crippen LogP contribution >= 0.6 is 0 Å². The predicted octanol–water partition coefficient (Wildman–Crippen LogP) is 3.97. The molecule has 0 unspecified atom stereocenters. The average Bonchev–Trinajstić information content (AvgIpc) is 2.71. The third-order valence-corrected chi connectivity index (χ3v) is 4.83. The van der Waals surface area contributed by atoms with Gasteiger partial charge in [0.2, 0.25) is 0 Å². The summed E-state index contributed by atoms with van der Waals surface area (Å²) in [6.07, 6.45) is 4.41. The summed E-state index contributed by atoms with van der Waals surface area (Å²) in [7, 11) is 0. The molecule has 0 fully saturated rings. The SMILES string of the molecule is CC(C)CNC(=O)c1ccccc1NC(=O)COc1cccc2c1CCCC2. The number of carbonyl (C=O) groups excluding carboxylic acids is 2. The van der Waals surface area contributed by atoms with Crippen molar-refractivity contribution in [2.24, 2.45) is 5.92 Å². The lowest BCUT2D eigenvalue weighted by Crippen LogP contribution is -2.29. The highest BCUT2D eigenvalue weighted by Gasteiger charge is 2.16. The lowest BCUT2D eigenvalue weighted by Gasteiger charge is -2.19. The summed E-state index contributed by atoms with van der Waals surface area (Å²) in [6, 6.07) is 13.0. The Morgan fingerprint density at radius 3 is 2.64 bits per heavy atom. The van der Waals surface area contributed by atoms with Gasteiger partial charge >= 0.3 is 0 Å². The Morgan fingerprint density at radius 2 is 1.82 bits per heavy atom. The highest BCUT2D eigenvalue weighted by molar-refractivity contribution is 6.04. The van der Waals surface area contributed by atoms with Crippen LogP contribution in [0.3, 0.4) is 0 Å². The van der Waals surface area contributed by atoms with Crippen LogP contribution in [0.15, 0.2) is 42.5 Å². The maximum Gasteiger partial charge on any atom is 0.262 e. The molecule has 2 amide bonds. The molecule has 2 N–H and O–H groups in total. The zero-order chi connectivity index (χ0) is 19.9. The summed E-state index contributed by atoms with van der Waals surface area (Å²) >= 11 is 0. The molecule has 0 atom stereocenters. The normalized spacial score (nSPS) is 13.0. The fraction of sp³-hybridized carbons (Fsp3) is 0.391. The first kappa shape index (κ1) is 19.9. The van der Waals surface area contributed by atoms with Gasteiger partial charge < -0.3 is 15.4 Å².